The average molecular weight is 524 g/mol. The van der Waals surface area contributed by atoms with Crippen LogP contribution < -0.4 is 5.32 Å². The van der Waals surface area contributed by atoms with Crippen molar-refractivity contribution in [3.63, 3.8) is 0 Å². The van der Waals surface area contributed by atoms with Crippen molar-refractivity contribution in [1.82, 2.24) is 9.88 Å². The maximum Gasteiger partial charge on any atom is 0.416 e. The molecule has 38 heavy (non-hydrogen) atoms. The highest BCUT2D eigenvalue weighted by Crippen LogP contribution is 2.49. The maximum absolute atomic E-state index is 13.0. The number of hydrogen-bond acceptors (Lipinski definition) is 4. The second-order valence-corrected chi connectivity index (χ2v) is 10.1. The van der Waals surface area contributed by atoms with Gasteiger partial charge in [-0.2, -0.15) is 13.2 Å². The second-order valence-electron chi connectivity index (χ2n) is 10.1. The van der Waals surface area contributed by atoms with Gasteiger partial charge in [-0.25, -0.2) is 0 Å². The van der Waals surface area contributed by atoms with E-state index in [9.17, 15) is 27.9 Å². The van der Waals surface area contributed by atoms with Crippen LogP contribution in [0.15, 0.2) is 66.9 Å². The molecule has 0 radical (unpaired) electrons. The molecule has 9 heteroatoms. The first-order chi connectivity index (χ1) is 18.1. The zero-order chi connectivity index (χ0) is 26.9. The van der Waals surface area contributed by atoms with Crippen LogP contribution in [0.3, 0.4) is 0 Å². The Kier molecular flexibility index (Phi) is 6.86. The number of nitrogens with one attached hydrogen (secondary N) is 1. The van der Waals surface area contributed by atoms with Crippen LogP contribution in [0.1, 0.15) is 54.0 Å². The third-order valence-electron chi connectivity index (χ3n) is 7.58. The summed E-state index contributed by atoms with van der Waals surface area (Å²) >= 11 is 0. The summed E-state index contributed by atoms with van der Waals surface area (Å²) in [6.07, 6.45) is -0.0101. The predicted molar refractivity (Wildman–Crippen MR) is 136 cm³/mol. The Bertz CT molecular complexity index is 1290. The molecule has 198 valence electrons. The summed E-state index contributed by atoms with van der Waals surface area (Å²) in [5.41, 5.74) is 1.50. The number of rotatable bonds is 6. The fourth-order valence-corrected chi connectivity index (χ4v) is 5.09. The lowest BCUT2D eigenvalue weighted by Crippen LogP contribution is -2.38. The van der Waals surface area contributed by atoms with Gasteiger partial charge in [-0.3, -0.25) is 14.6 Å². The smallest absolute Gasteiger partial charge is 0.416 e. The molecule has 1 aromatic heterocycles. The molecule has 1 saturated carbocycles. The van der Waals surface area contributed by atoms with Crippen molar-refractivity contribution < 1.29 is 27.9 Å². The first kappa shape index (κ1) is 25.8. The number of likely N-dealkylation sites (tertiary alicyclic amines) is 1. The molecule has 1 aliphatic carbocycles. The number of aromatic nitrogens is 1. The minimum absolute atomic E-state index is 0.0155. The number of amides is 2. The number of piperidine rings is 1. The maximum atomic E-state index is 13.0. The molecule has 3 aromatic rings. The molecule has 1 aliphatic heterocycles. The van der Waals surface area contributed by atoms with E-state index >= 15 is 0 Å². The fraction of sp³-hybridized carbons (Fsp3) is 0.345. The largest absolute Gasteiger partial charge is 0.506 e. The number of anilines is 1. The number of hydrogen-bond donors (Lipinski definition) is 2. The van der Waals surface area contributed by atoms with Gasteiger partial charge in [0.05, 0.1) is 23.6 Å². The van der Waals surface area contributed by atoms with Gasteiger partial charge in [0.15, 0.2) is 0 Å². The molecule has 0 bridgehead atoms. The van der Waals surface area contributed by atoms with Crippen LogP contribution in [0.5, 0.6) is 5.75 Å². The predicted octanol–water partition coefficient (Wildman–Crippen LogP) is 5.43. The number of carbonyl (C=O) groups is 2. The van der Waals surface area contributed by atoms with Gasteiger partial charge in [-0.1, -0.05) is 24.3 Å². The Morgan fingerprint density at radius 2 is 1.63 bits per heavy atom. The number of pyridine rings is 1. The lowest BCUT2D eigenvalue weighted by atomic mass is 9.89. The monoisotopic (exact) mass is 523 g/mol. The van der Waals surface area contributed by atoms with E-state index in [1.165, 1.54) is 24.4 Å². The van der Waals surface area contributed by atoms with Crippen LogP contribution in [0.4, 0.5) is 18.9 Å². The van der Waals surface area contributed by atoms with Gasteiger partial charge in [-0.05, 0) is 79.1 Å². The van der Waals surface area contributed by atoms with Crippen LogP contribution in [-0.4, -0.2) is 39.9 Å². The molecule has 2 fully saturated rings. The van der Waals surface area contributed by atoms with Crippen molar-refractivity contribution in [2.45, 2.75) is 49.6 Å². The van der Waals surface area contributed by atoms with Crippen LogP contribution in [0.25, 0.3) is 0 Å². The second kappa shape index (κ2) is 10.1. The molecular formula is C29H28F3N3O3. The number of nitrogens with zero attached hydrogens (tertiary/aromatic N) is 2. The Morgan fingerprint density at radius 1 is 0.974 bits per heavy atom. The molecule has 2 heterocycles. The van der Waals surface area contributed by atoms with Gasteiger partial charge >= 0.3 is 6.18 Å². The van der Waals surface area contributed by atoms with Gasteiger partial charge < -0.3 is 15.3 Å². The van der Waals surface area contributed by atoms with Crippen molar-refractivity contribution >= 4 is 17.5 Å². The third kappa shape index (κ3) is 5.51. The highest BCUT2D eigenvalue weighted by Gasteiger charge is 2.51. The molecule has 1 saturated heterocycles. The van der Waals surface area contributed by atoms with Gasteiger partial charge in [-0.15, -0.1) is 0 Å². The lowest BCUT2D eigenvalue weighted by Gasteiger charge is -2.32. The molecule has 6 nitrogen and oxygen atoms in total. The average Bonchev–Trinajstić information content (AvgIpc) is 3.73. The summed E-state index contributed by atoms with van der Waals surface area (Å²) in [4.78, 5) is 31.6. The van der Waals surface area contributed by atoms with Crippen LogP contribution >= 0.6 is 0 Å². The molecule has 0 atom stereocenters. The minimum atomic E-state index is -4.41. The van der Waals surface area contributed by atoms with E-state index in [-0.39, 0.29) is 24.0 Å². The number of carbonyl (C=O) groups excluding carboxylic acids is 2. The van der Waals surface area contributed by atoms with Crippen LogP contribution in [-0.2, 0) is 27.6 Å². The van der Waals surface area contributed by atoms with E-state index in [1.807, 2.05) is 29.2 Å². The molecule has 2 aliphatic rings. The highest BCUT2D eigenvalue weighted by atomic mass is 19.4. The Hall–Kier alpha value is -3.88. The third-order valence-corrected chi connectivity index (χ3v) is 7.58. The molecular weight excluding hydrogens is 495 g/mol. The Labute approximate surface area is 218 Å². The number of alkyl halides is 3. The van der Waals surface area contributed by atoms with Crippen molar-refractivity contribution in [3.8, 4) is 5.75 Å². The quantitative estimate of drug-likeness (QED) is 0.452. The van der Waals surface area contributed by atoms with Gasteiger partial charge in [0.25, 0.3) is 0 Å². The zero-order valence-corrected chi connectivity index (χ0v) is 20.7. The summed E-state index contributed by atoms with van der Waals surface area (Å²) in [5.74, 6) is 0.179. The van der Waals surface area contributed by atoms with Gasteiger partial charge in [0.2, 0.25) is 11.8 Å². The Morgan fingerprint density at radius 3 is 2.18 bits per heavy atom. The van der Waals surface area contributed by atoms with Gasteiger partial charge in [0.1, 0.15) is 5.75 Å². The topological polar surface area (TPSA) is 82.5 Å². The van der Waals surface area contributed by atoms with E-state index < -0.39 is 17.2 Å². The number of aromatic hydroxyl groups is 1. The number of halogens is 3. The summed E-state index contributed by atoms with van der Waals surface area (Å²) < 4.78 is 38.7. The molecule has 5 rings (SSSR count). The summed E-state index contributed by atoms with van der Waals surface area (Å²) in [6.45, 7) is 1.30. The van der Waals surface area contributed by atoms with E-state index in [2.05, 4.69) is 10.3 Å². The summed E-state index contributed by atoms with van der Waals surface area (Å²) in [7, 11) is 0. The normalized spacial score (nSPS) is 17.2. The van der Waals surface area contributed by atoms with Crippen molar-refractivity contribution in [3.05, 3.63) is 89.2 Å². The van der Waals surface area contributed by atoms with Crippen molar-refractivity contribution in [1.29, 1.82) is 0 Å². The fourth-order valence-electron chi connectivity index (χ4n) is 5.09. The summed E-state index contributed by atoms with van der Waals surface area (Å²) in [6, 6.07) is 15.7. The first-order valence-electron chi connectivity index (χ1n) is 12.6. The lowest BCUT2D eigenvalue weighted by molar-refractivity contribution is -0.137. The van der Waals surface area contributed by atoms with E-state index in [0.717, 1.165) is 30.5 Å². The first-order valence-corrected chi connectivity index (χ1v) is 12.6. The van der Waals surface area contributed by atoms with E-state index in [4.69, 9.17) is 0 Å². The Balaban J connectivity index is 1.14. The number of benzene rings is 2. The molecule has 0 unspecified atom stereocenters. The molecule has 2 amide bonds. The minimum Gasteiger partial charge on any atom is -0.506 e. The molecule has 2 aromatic carbocycles. The van der Waals surface area contributed by atoms with E-state index in [0.29, 0.717) is 48.8 Å². The summed E-state index contributed by atoms with van der Waals surface area (Å²) in [5, 5.41) is 12.3. The van der Waals surface area contributed by atoms with Crippen molar-refractivity contribution in [2.75, 3.05) is 18.4 Å². The highest BCUT2D eigenvalue weighted by molar-refractivity contribution is 6.01. The molecule has 2 N–H and O–H groups in total. The standard InChI is InChI=1S/C29H28F3N3O3/c30-29(31,32)22-5-3-21(4-6-22)28(13-14-28)27(38)34-23-7-1-19(2-8-23)20-11-15-35(16-12-20)26(37)17-24-9-10-25(36)18-33-24/h1-10,18,20,36H,11-17H2,(H,34,38). The van der Waals surface area contributed by atoms with Crippen LogP contribution in [0, 0.1) is 0 Å². The van der Waals surface area contributed by atoms with Gasteiger partial charge in [0, 0.05) is 24.5 Å². The van der Waals surface area contributed by atoms with Crippen LogP contribution in [0.2, 0.25) is 0 Å². The SMILES string of the molecule is O=C(Cc1ccc(O)cn1)N1CCC(c2ccc(NC(=O)C3(c4ccc(C(F)(F)F)cc4)CC3)cc2)CC1. The zero-order valence-electron chi connectivity index (χ0n) is 20.7. The molecule has 0 spiro atoms. The van der Waals surface area contributed by atoms with E-state index in [1.54, 1.807) is 6.07 Å². The van der Waals surface area contributed by atoms with Crippen molar-refractivity contribution in [2.24, 2.45) is 0 Å².